The summed E-state index contributed by atoms with van der Waals surface area (Å²) in [5.74, 6) is -2.11. The highest BCUT2D eigenvalue weighted by Gasteiger charge is 2.46. The minimum absolute atomic E-state index is 0.0131. The topological polar surface area (TPSA) is 469 Å². The lowest BCUT2D eigenvalue weighted by Gasteiger charge is -2.39. The van der Waals surface area contributed by atoms with Crippen LogP contribution in [0.5, 0.6) is 40.2 Å². The first-order chi connectivity index (χ1) is 57.4. The molecule has 2 aromatic heterocycles. The number of rotatable bonds is 52. The summed E-state index contributed by atoms with van der Waals surface area (Å²) in [6, 6.07) is 13.2. The molecule has 0 spiro atoms. The third-order valence-electron chi connectivity index (χ3n) is 19.0. The maximum absolute atomic E-state index is 14.5. The van der Waals surface area contributed by atoms with Gasteiger partial charge in [-0.1, -0.05) is 5.11 Å². The summed E-state index contributed by atoms with van der Waals surface area (Å²) in [7, 11) is 1.30. The molecule has 41 heteroatoms. The van der Waals surface area contributed by atoms with E-state index in [4.69, 9.17) is 104 Å². The molecule has 5 aliphatic heterocycles. The van der Waals surface area contributed by atoms with E-state index in [0.717, 1.165) is 34.9 Å². The summed E-state index contributed by atoms with van der Waals surface area (Å²) in [5.41, 5.74) is 13.3. The molecule has 5 N–H and O–H groups in total. The number of aliphatic hydroxyl groups is 4. The van der Waals surface area contributed by atoms with E-state index in [0.29, 0.717) is 161 Å². The van der Waals surface area contributed by atoms with E-state index in [9.17, 15) is 43.2 Å². The molecule has 118 heavy (non-hydrogen) atoms. The molecule has 0 bridgehead atoms. The Morgan fingerprint density at radius 1 is 0.551 bits per heavy atom. The van der Waals surface area contributed by atoms with Crippen molar-refractivity contribution in [3.63, 3.8) is 0 Å². The van der Waals surface area contributed by atoms with Crippen molar-refractivity contribution in [2.24, 2.45) is 29.2 Å². The zero-order chi connectivity index (χ0) is 83.2. The molecule has 0 radical (unpaired) electrons. The van der Waals surface area contributed by atoms with Crippen LogP contribution in [0.3, 0.4) is 0 Å². The molecule has 7 atom stereocenters. The van der Waals surface area contributed by atoms with Crippen LogP contribution in [-0.2, 0) is 120 Å². The average Bonchev–Trinajstić information content (AvgIpc) is 1.61. The number of imidazole rings is 2. The summed E-state index contributed by atoms with van der Waals surface area (Å²) in [5, 5.41) is 48.3. The highest BCUT2D eigenvalue weighted by Crippen LogP contribution is 2.42. The largest absolute Gasteiger partial charge is 0.501 e. The number of aliphatic imine (C=N–C) groups is 2. The molecular weight excluding hydrogens is 1570 g/mol. The summed E-state index contributed by atoms with van der Waals surface area (Å²) in [4.78, 5) is 66.8. The van der Waals surface area contributed by atoms with Crippen LogP contribution >= 0.6 is 0 Å². The smallest absolute Gasteiger partial charge is 0.493 e. The lowest BCUT2D eigenvalue weighted by molar-refractivity contribution is -0.277. The Kier molecular flexibility index (Phi) is 34.3. The molecular formula is C77H100N12O28S. The fraction of sp³-hybridized carbons (Fsp3) is 0.545. The third kappa shape index (κ3) is 25.2. The molecule has 4 aromatic carbocycles. The second kappa shape index (κ2) is 45.4. The van der Waals surface area contributed by atoms with Gasteiger partial charge in [-0.05, 0) is 65.2 Å². The van der Waals surface area contributed by atoms with Gasteiger partial charge >= 0.3 is 10.4 Å². The number of amides is 3. The highest BCUT2D eigenvalue weighted by atomic mass is 32.3. The Hall–Kier alpha value is -9.73. The van der Waals surface area contributed by atoms with Crippen molar-refractivity contribution >= 4 is 51.9 Å². The number of hydrogen-bond donors (Lipinski definition) is 5. The van der Waals surface area contributed by atoms with Gasteiger partial charge in [0.15, 0.2) is 34.5 Å². The fourth-order valence-electron chi connectivity index (χ4n) is 12.9. The summed E-state index contributed by atoms with van der Waals surface area (Å²) >= 11 is 0. The zero-order valence-electron chi connectivity index (χ0n) is 66.0. The highest BCUT2D eigenvalue weighted by molar-refractivity contribution is 7.82. The van der Waals surface area contributed by atoms with Gasteiger partial charge in [0.05, 0.1) is 238 Å². The molecule has 40 nitrogen and oxygen atoms in total. The summed E-state index contributed by atoms with van der Waals surface area (Å²) < 4.78 is 141. The number of methoxy groups -OCH3 is 2. The molecule has 11 rings (SSSR count). The Morgan fingerprint density at radius 3 is 1.42 bits per heavy atom. The number of carbonyl (C=O) groups is 3. The molecule has 1 fully saturated rings. The van der Waals surface area contributed by atoms with Crippen molar-refractivity contribution < 1.29 is 132 Å². The standard InChI is InChI=1S/C77H100N12O28S/c1-86-48-82-60-43-88-53(35-62(60)86)41-80-58-39-67(65(99-3)37-56(58)75(88)95)112-46-50-31-51(47-113-68-40-59-57(38-66(68)100-4)76(96)89-44-61-63(87(2)49-83-61)36-54(89)42-81-59)33-55(32-50)116-118(97,98)117-69-34-52(5-6-64(69)114-77-73(93)72(92)71(91)70(45-90)115-77)74(94)79-7-9-101-11-13-103-15-17-105-19-21-107-23-25-109-27-29-111-30-28-110-26-24-108-22-20-106-18-16-104-14-12-102-10-8-84-85-78/h5-6,31-34,37-42,48-49,53-54,70-73,77,90-93H,7-30,35-36,43-47H2,1-4H3,(H,79,94)/t53-,54-,70+,71-,72-,73+,77?/m0/s1. The number of aryl methyl sites for hydroxylation is 2. The number of aliphatic hydroxyl groups excluding tert-OH is 4. The Labute approximate surface area is 680 Å². The number of fused-ring (bicyclic) bond motifs is 6. The lowest BCUT2D eigenvalue weighted by atomic mass is 9.99. The van der Waals surface area contributed by atoms with Crippen molar-refractivity contribution in [2.45, 2.75) is 81.9 Å². The van der Waals surface area contributed by atoms with Crippen LogP contribution in [0.2, 0.25) is 0 Å². The van der Waals surface area contributed by atoms with Gasteiger partial charge < -0.3 is 134 Å². The van der Waals surface area contributed by atoms with E-state index in [1.54, 1.807) is 65.2 Å². The van der Waals surface area contributed by atoms with Crippen LogP contribution in [0.4, 0.5) is 11.4 Å². The number of hydrogen-bond acceptors (Lipinski definition) is 33. The van der Waals surface area contributed by atoms with Gasteiger partial charge in [-0.25, -0.2) is 9.97 Å². The molecule has 1 saturated heterocycles. The van der Waals surface area contributed by atoms with E-state index in [1.807, 2.05) is 23.2 Å². The Balaban J connectivity index is 0.654. The predicted octanol–water partition coefficient (Wildman–Crippen LogP) is 3.00. The van der Waals surface area contributed by atoms with Crippen LogP contribution in [0, 0.1) is 0 Å². The maximum atomic E-state index is 14.5. The number of azide groups is 1. The lowest BCUT2D eigenvalue weighted by Crippen LogP contribution is -2.60. The number of ether oxygens (including phenoxy) is 17. The monoisotopic (exact) mass is 1670 g/mol. The van der Waals surface area contributed by atoms with Crippen LogP contribution in [0.15, 0.2) is 88.4 Å². The normalized spacial score (nSPS) is 18.6. The summed E-state index contributed by atoms with van der Waals surface area (Å²) in [6.07, 6.45) is -1.06. The van der Waals surface area contributed by atoms with E-state index < -0.39 is 65.1 Å². The van der Waals surface area contributed by atoms with E-state index in [2.05, 4.69) is 25.3 Å². The van der Waals surface area contributed by atoms with Crippen LogP contribution in [0.1, 0.15) is 65.0 Å². The SMILES string of the molecule is COc1cc2c(cc1OCc1cc(COc3cc4c(cc3OC)C(=O)N3Cc5ncn(C)c5C[C@H]3C=N4)cc(OS(=O)(=O)Oc3cc(C(=O)NCCOCCOCCOCCOCCOCCOCCOCCOCCOCCOCCOCCN=[N+]=[N-])ccc3OC3O[C@H](CO)[C@H](O)[C@H](O)[C@H]3O)c1)N=C[C@@H]1Cc3c(ncn3C)CN1C2=O. The van der Waals surface area contributed by atoms with Crippen LogP contribution < -0.4 is 37.4 Å². The number of aromatic nitrogens is 4. The van der Waals surface area contributed by atoms with E-state index in [1.165, 1.54) is 32.4 Å². The van der Waals surface area contributed by atoms with Crippen molar-refractivity contribution in [3.05, 3.63) is 134 Å². The average molecular weight is 1670 g/mol. The van der Waals surface area contributed by atoms with Crippen LogP contribution in [-0.4, -0.2) is 310 Å². The van der Waals surface area contributed by atoms with Crippen molar-refractivity contribution in [3.8, 4) is 40.2 Å². The quantitative estimate of drug-likeness (QED) is 0.0159. The number of benzene rings is 4. The summed E-state index contributed by atoms with van der Waals surface area (Å²) in [6.45, 7) is 7.39. The van der Waals surface area contributed by atoms with Gasteiger partial charge in [0.2, 0.25) is 6.29 Å². The zero-order valence-corrected chi connectivity index (χ0v) is 66.8. The molecule has 1 unspecified atom stereocenters. The van der Waals surface area contributed by atoms with Gasteiger partial charge in [-0.2, -0.15) is 0 Å². The van der Waals surface area contributed by atoms with Gasteiger partial charge in [0.1, 0.15) is 43.4 Å². The molecule has 5 aliphatic rings. The third-order valence-corrected chi connectivity index (χ3v) is 19.8. The molecule has 0 saturated carbocycles. The first kappa shape index (κ1) is 89.1. The van der Waals surface area contributed by atoms with Gasteiger partial charge in [-0.3, -0.25) is 24.4 Å². The van der Waals surface area contributed by atoms with Gasteiger partial charge in [0, 0.05) is 86.5 Å². The molecule has 7 heterocycles. The number of carbonyl (C=O) groups excluding carboxylic acids is 3. The van der Waals surface area contributed by atoms with Gasteiger partial charge in [0.25, 0.3) is 17.7 Å². The number of nitrogens with zero attached hydrogens (tertiary/aromatic N) is 11. The van der Waals surface area contributed by atoms with Crippen molar-refractivity contribution in [1.82, 2.24) is 34.2 Å². The van der Waals surface area contributed by atoms with Gasteiger partial charge in [-0.15, -0.1) is 8.42 Å². The predicted molar refractivity (Wildman–Crippen MR) is 415 cm³/mol. The maximum Gasteiger partial charge on any atom is 0.501 e. The molecule has 0 aliphatic carbocycles. The minimum Gasteiger partial charge on any atom is -0.493 e. The Morgan fingerprint density at radius 2 is 0.992 bits per heavy atom. The first-order valence-corrected chi connectivity index (χ1v) is 39.7. The second-order valence-corrected chi connectivity index (χ2v) is 28.2. The fourth-order valence-corrected chi connectivity index (χ4v) is 13.6. The van der Waals surface area contributed by atoms with E-state index >= 15 is 0 Å². The minimum atomic E-state index is -5.32. The number of nitrogens with one attached hydrogen (secondary N) is 1. The Bertz CT molecular complexity index is 4340. The first-order valence-electron chi connectivity index (χ1n) is 38.3. The molecule has 6 aromatic rings. The van der Waals surface area contributed by atoms with E-state index in [-0.39, 0.29) is 129 Å². The van der Waals surface area contributed by atoms with Crippen molar-refractivity contribution in [2.75, 3.05) is 179 Å². The molecule has 3 amide bonds. The van der Waals surface area contributed by atoms with Crippen molar-refractivity contribution in [1.29, 1.82) is 0 Å². The second-order valence-electron chi connectivity index (χ2n) is 27.1. The molecule has 642 valence electrons. The van der Waals surface area contributed by atoms with Crippen LogP contribution in [0.25, 0.3) is 10.4 Å².